The molecule has 1 aliphatic heterocycles. The van der Waals surface area contributed by atoms with Crippen molar-refractivity contribution in [2.24, 2.45) is 0 Å². The number of esters is 1. The van der Waals surface area contributed by atoms with Crippen LogP contribution < -0.4 is 5.32 Å². The van der Waals surface area contributed by atoms with Gasteiger partial charge in [-0.3, -0.25) is 4.79 Å². The lowest BCUT2D eigenvalue weighted by Gasteiger charge is -2.23. The van der Waals surface area contributed by atoms with Gasteiger partial charge in [0.15, 0.2) is 0 Å². The van der Waals surface area contributed by atoms with E-state index in [1.54, 1.807) is 19.9 Å². The van der Waals surface area contributed by atoms with Gasteiger partial charge in [-0.05, 0) is 62.6 Å². The average Bonchev–Trinajstić information content (AvgIpc) is 3.29. The minimum Gasteiger partial charge on any atom is -0.462 e. The molecule has 1 unspecified atom stereocenters. The Balaban J connectivity index is 1.78. The number of ether oxygens (including phenoxy) is 1. The van der Waals surface area contributed by atoms with E-state index in [1.165, 1.54) is 12.1 Å². The van der Waals surface area contributed by atoms with E-state index in [2.05, 4.69) is 5.32 Å². The summed E-state index contributed by atoms with van der Waals surface area (Å²) >= 11 is 1.09. The number of carbonyl (C=O) groups is 2. The van der Waals surface area contributed by atoms with E-state index < -0.39 is 33.8 Å². The van der Waals surface area contributed by atoms with E-state index in [1.807, 2.05) is 0 Å². The van der Waals surface area contributed by atoms with Crippen LogP contribution in [0.15, 0.2) is 35.2 Å². The fourth-order valence-corrected chi connectivity index (χ4v) is 5.81. The molecular weight excluding hydrogens is 419 g/mol. The molecule has 7 nitrogen and oxygen atoms in total. The van der Waals surface area contributed by atoms with Crippen molar-refractivity contribution in [1.82, 2.24) is 4.31 Å². The molecule has 1 aromatic heterocycles. The fraction of sp³-hybridized carbons (Fsp3) is 0.368. The van der Waals surface area contributed by atoms with E-state index >= 15 is 0 Å². The van der Waals surface area contributed by atoms with Crippen LogP contribution in [0.4, 0.5) is 9.39 Å². The minimum atomic E-state index is -3.93. The molecule has 10 heteroatoms. The molecular formula is C19H21FN2O5S2. The second kappa shape index (κ2) is 8.60. The highest BCUT2D eigenvalue weighted by atomic mass is 32.2. The third kappa shape index (κ3) is 4.49. The molecule has 29 heavy (non-hydrogen) atoms. The van der Waals surface area contributed by atoms with Gasteiger partial charge in [-0.15, -0.1) is 11.3 Å². The third-order valence-corrected chi connectivity index (χ3v) is 7.61. The Morgan fingerprint density at radius 3 is 2.66 bits per heavy atom. The molecule has 0 aliphatic carbocycles. The predicted molar refractivity (Wildman–Crippen MR) is 107 cm³/mol. The monoisotopic (exact) mass is 440 g/mol. The van der Waals surface area contributed by atoms with Gasteiger partial charge in [0, 0.05) is 6.54 Å². The van der Waals surface area contributed by atoms with Crippen LogP contribution in [0.25, 0.3) is 0 Å². The predicted octanol–water partition coefficient (Wildman–Crippen LogP) is 3.16. The highest BCUT2D eigenvalue weighted by molar-refractivity contribution is 7.89. The lowest BCUT2D eigenvalue weighted by Crippen LogP contribution is -2.43. The Bertz CT molecular complexity index is 1020. The van der Waals surface area contributed by atoms with Crippen LogP contribution in [0.5, 0.6) is 0 Å². The van der Waals surface area contributed by atoms with E-state index in [0.29, 0.717) is 28.3 Å². The molecule has 1 atom stereocenters. The van der Waals surface area contributed by atoms with Gasteiger partial charge in [-0.1, -0.05) is 0 Å². The first-order valence-electron chi connectivity index (χ1n) is 9.10. The van der Waals surface area contributed by atoms with Gasteiger partial charge in [0.1, 0.15) is 16.7 Å². The number of benzene rings is 1. The van der Waals surface area contributed by atoms with Gasteiger partial charge < -0.3 is 10.1 Å². The molecule has 156 valence electrons. The Kier molecular flexibility index (Phi) is 6.35. The molecule has 0 saturated carbocycles. The molecule has 1 aromatic carbocycles. The number of hydrogen-bond acceptors (Lipinski definition) is 6. The zero-order valence-corrected chi connectivity index (χ0v) is 17.6. The summed E-state index contributed by atoms with van der Waals surface area (Å²) < 4.78 is 45.1. The van der Waals surface area contributed by atoms with Crippen LogP contribution in [0.2, 0.25) is 0 Å². The van der Waals surface area contributed by atoms with Crippen LogP contribution in [-0.2, 0) is 19.6 Å². The number of thiophene rings is 1. The molecule has 3 rings (SSSR count). The topological polar surface area (TPSA) is 92.8 Å². The van der Waals surface area contributed by atoms with E-state index in [9.17, 15) is 22.4 Å². The summed E-state index contributed by atoms with van der Waals surface area (Å²) in [6.07, 6.45) is 0.914. The number of nitrogens with zero attached hydrogens (tertiary/aromatic N) is 1. The van der Waals surface area contributed by atoms with Crippen molar-refractivity contribution < 1.29 is 27.1 Å². The van der Waals surface area contributed by atoms with E-state index in [0.717, 1.165) is 27.8 Å². The van der Waals surface area contributed by atoms with Gasteiger partial charge in [0.05, 0.1) is 16.5 Å². The number of carbonyl (C=O) groups excluding carboxylic acids is 2. The van der Waals surface area contributed by atoms with E-state index in [-0.39, 0.29) is 18.0 Å². The van der Waals surface area contributed by atoms with Crippen LogP contribution in [0.1, 0.15) is 35.0 Å². The van der Waals surface area contributed by atoms with Crippen LogP contribution in [0, 0.1) is 12.7 Å². The Morgan fingerprint density at radius 1 is 1.31 bits per heavy atom. The Morgan fingerprint density at radius 2 is 2.00 bits per heavy atom. The maximum absolute atomic E-state index is 13.1. The lowest BCUT2D eigenvalue weighted by molar-refractivity contribution is -0.119. The fourth-order valence-electron chi connectivity index (χ4n) is 3.18. The third-order valence-electron chi connectivity index (χ3n) is 4.55. The average molecular weight is 441 g/mol. The molecule has 2 heterocycles. The van der Waals surface area contributed by atoms with Gasteiger partial charge in [0.2, 0.25) is 15.9 Å². The number of nitrogens with one attached hydrogen (secondary N) is 1. The molecule has 1 N–H and O–H groups in total. The first-order chi connectivity index (χ1) is 13.7. The summed E-state index contributed by atoms with van der Waals surface area (Å²) in [6, 6.07) is 5.30. The van der Waals surface area contributed by atoms with Crippen molar-refractivity contribution >= 4 is 38.2 Å². The normalized spacial score (nSPS) is 17.3. The molecule has 0 bridgehead atoms. The maximum atomic E-state index is 13.1. The summed E-state index contributed by atoms with van der Waals surface area (Å²) in [6.45, 7) is 3.89. The van der Waals surface area contributed by atoms with E-state index in [4.69, 9.17) is 4.74 Å². The smallest absolute Gasteiger partial charge is 0.348 e. The molecule has 0 spiro atoms. The van der Waals surface area contributed by atoms with Crippen LogP contribution >= 0.6 is 11.3 Å². The summed E-state index contributed by atoms with van der Waals surface area (Å²) in [7, 11) is -3.93. The highest BCUT2D eigenvalue weighted by Crippen LogP contribution is 2.30. The quantitative estimate of drug-likeness (QED) is 0.697. The van der Waals surface area contributed by atoms with Crippen molar-refractivity contribution in [2.75, 3.05) is 18.5 Å². The van der Waals surface area contributed by atoms with Crippen molar-refractivity contribution in [3.05, 3.63) is 46.6 Å². The zero-order chi connectivity index (χ0) is 21.2. The first-order valence-corrected chi connectivity index (χ1v) is 11.4. The summed E-state index contributed by atoms with van der Waals surface area (Å²) in [4.78, 5) is 25.1. The van der Waals surface area contributed by atoms with Crippen molar-refractivity contribution in [3.8, 4) is 0 Å². The summed E-state index contributed by atoms with van der Waals surface area (Å²) in [5, 5.41) is 3.16. The number of anilines is 1. The number of amides is 1. The molecule has 2 aromatic rings. The SMILES string of the molecule is CCOC(=O)c1sc(NC(=O)C2CCCN2S(=O)(=O)c2ccc(F)cc2)cc1C. The Hall–Kier alpha value is -2.30. The number of hydrogen-bond donors (Lipinski definition) is 1. The van der Waals surface area contributed by atoms with Crippen molar-refractivity contribution in [2.45, 2.75) is 37.6 Å². The van der Waals surface area contributed by atoms with Crippen LogP contribution in [0.3, 0.4) is 0 Å². The minimum absolute atomic E-state index is 0.0600. The highest BCUT2D eigenvalue weighted by Gasteiger charge is 2.39. The Labute approximate surface area is 172 Å². The second-order valence-corrected chi connectivity index (χ2v) is 9.50. The summed E-state index contributed by atoms with van der Waals surface area (Å²) in [5.41, 5.74) is 0.672. The number of rotatable bonds is 6. The molecule has 1 aliphatic rings. The van der Waals surface area contributed by atoms with Crippen molar-refractivity contribution in [1.29, 1.82) is 0 Å². The first kappa shape index (κ1) is 21.4. The molecule has 1 fully saturated rings. The maximum Gasteiger partial charge on any atom is 0.348 e. The summed E-state index contributed by atoms with van der Waals surface area (Å²) in [5.74, 6) is -1.47. The zero-order valence-electron chi connectivity index (χ0n) is 16.0. The number of halogens is 1. The number of sulfonamides is 1. The molecule has 0 radical (unpaired) electrons. The van der Waals surface area contributed by atoms with Gasteiger partial charge in [-0.2, -0.15) is 4.31 Å². The van der Waals surface area contributed by atoms with Crippen molar-refractivity contribution in [3.63, 3.8) is 0 Å². The lowest BCUT2D eigenvalue weighted by atomic mass is 10.2. The second-order valence-electron chi connectivity index (χ2n) is 6.56. The van der Waals surface area contributed by atoms with Gasteiger partial charge in [0.25, 0.3) is 0 Å². The van der Waals surface area contributed by atoms with Gasteiger partial charge >= 0.3 is 5.97 Å². The molecule has 1 amide bonds. The molecule has 1 saturated heterocycles. The number of aryl methyl sites for hydroxylation is 1. The van der Waals surface area contributed by atoms with Crippen LogP contribution in [-0.4, -0.2) is 43.8 Å². The largest absolute Gasteiger partial charge is 0.462 e. The van der Waals surface area contributed by atoms with Gasteiger partial charge in [-0.25, -0.2) is 17.6 Å². The standard InChI is InChI=1S/C19H21FN2O5S2/c1-3-27-19(24)17-12(2)11-16(28-17)21-18(23)15-5-4-10-22(15)29(25,26)14-8-6-13(20)7-9-14/h6-9,11,15H,3-5,10H2,1-2H3,(H,21,23).